The Hall–Kier alpha value is -3.96. The van der Waals surface area contributed by atoms with Crippen LogP contribution in [0.4, 0.5) is 24.5 Å². The largest absolute Gasteiger partial charge is 0.573 e. The second-order valence-corrected chi connectivity index (χ2v) is 7.95. The average molecular weight is 500 g/mol. The van der Waals surface area contributed by atoms with Crippen molar-refractivity contribution in [1.29, 1.82) is 0 Å². The molecule has 2 amide bonds. The number of nitrogens with one attached hydrogen (secondary N) is 2. The summed E-state index contributed by atoms with van der Waals surface area (Å²) in [5.74, 6) is -1.63. The van der Waals surface area contributed by atoms with Gasteiger partial charge in [-0.1, -0.05) is 30.3 Å². The maximum atomic E-state index is 12.9. The molecular formula is C25H23F3N4O4. The molecule has 11 heteroatoms. The number of rotatable bonds is 7. The minimum atomic E-state index is -4.96. The Balaban J connectivity index is 1.48. The lowest BCUT2D eigenvalue weighted by Crippen LogP contribution is -2.41. The van der Waals surface area contributed by atoms with E-state index in [9.17, 15) is 22.8 Å². The highest BCUT2D eigenvalue weighted by Crippen LogP contribution is 2.33. The van der Waals surface area contributed by atoms with Crippen LogP contribution >= 0.6 is 0 Å². The lowest BCUT2D eigenvalue weighted by molar-refractivity contribution is -0.274. The quantitative estimate of drug-likeness (QED) is 0.506. The number of benzene rings is 2. The summed E-state index contributed by atoms with van der Waals surface area (Å²) in [6.07, 6.45) is -3.55. The zero-order valence-corrected chi connectivity index (χ0v) is 19.0. The van der Waals surface area contributed by atoms with Gasteiger partial charge in [0.05, 0.1) is 36.7 Å². The van der Waals surface area contributed by atoms with Crippen LogP contribution in [-0.2, 0) is 9.53 Å². The number of pyridine rings is 1. The fourth-order valence-corrected chi connectivity index (χ4v) is 3.58. The Morgan fingerprint density at radius 2 is 1.75 bits per heavy atom. The number of ether oxygens (including phenoxy) is 2. The van der Waals surface area contributed by atoms with E-state index in [4.69, 9.17) is 4.74 Å². The molecule has 36 heavy (non-hydrogen) atoms. The van der Waals surface area contributed by atoms with Crippen molar-refractivity contribution in [2.45, 2.75) is 6.36 Å². The first-order valence-corrected chi connectivity index (χ1v) is 11.1. The number of carbonyl (C=O) groups excluding carboxylic acids is 2. The van der Waals surface area contributed by atoms with E-state index in [2.05, 4.69) is 20.4 Å². The molecule has 1 aliphatic heterocycles. The summed E-state index contributed by atoms with van der Waals surface area (Å²) in [6.45, 7) is 1.99. The molecule has 4 rings (SSSR count). The van der Waals surface area contributed by atoms with Crippen molar-refractivity contribution in [1.82, 2.24) is 9.88 Å². The highest BCUT2D eigenvalue weighted by molar-refractivity contribution is 6.05. The van der Waals surface area contributed by atoms with Gasteiger partial charge in [-0.15, -0.1) is 13.2 Å². The van der Waals surface area contributed by atoms with Gasteiger partial charge < -0.3 is 20.1 Å². The first kappa shape index (κ1) is 25.1. The summed E-state index contributed by atoms with van der Waals surface area (Å²) < 4.78 is 47.9. The number of hydrogen-bond acceptors (Lipinski definition) is 6. The normalized spacial score (nSPS) is 14.2. The number of morpholine rings is 1. The van der Waals surface area contributed by atoms with E-state index in [1.165, 1.54) is 18.3 Å². The number of carbonyl (C=O) groups is 2. The summed E-state index contributed by atoms with van der Waals surface area (Å²) in [7, 11) is 0. The Morgan fingerprint density at radius 1 is 1.00 bits per heavy atom. The molecule has 1 aromatic heterocycles. The van der Waals surface area contributed by atoms with Gasteiger partial charge in [-0.05, 0) is 30.3 Å². The standard InChI is InChI=1S/C25H23F3N4O4/c26-25(27,28)36-22-9-7-19(14-21(22)31-23(33)16-32-10-12-35-13-11-32)30-24(34)18-6-8-20(29-15-18)17-4-2-1-3-5-17/h1-9,14-15H,10-13,16H2,(H,30,34)(H,31,33). The van der Waals surface area contributed by atoms with Crippen molar-refractivity contribution < 1.29 is 32.2 Å². The van der Waals surface area contributed by atoms with E-state index in [-0.39, 0.29) is 23.5 Å². The lowest BCUT2D eigenvalue weighted by Gasteiger charge is -2.26. The predicted octanol–water partition coefficient (Wildman–Crippen LogP) is 4.17. The van der Waals surface area contributed by atoms with Gasteiger partial charge >= 0.3 is 6.36 Å². The third-order valence-corrected chi connectivity index (χ3v) is 5.30. The molecule has 188 valence electrons. The molecule has 8 nitrogen and oxygen atoms in total. The van der Waals surface area contributed by atoms with Crippen LogP contribution in [0.1, 0.15) is 10.4 Å². The van der Waals surface area contributed by atoms with Crippen LogP contribution in [0.15, 0.2) is 66.9 Å². The molecule has 0 saturated carbocycles. The van der Waals surface area contributed by atoms with E-state index >= 15 is 0 Å². The molecule has 1 aliphatic rings. The number of halogens is 3. The average Bonchev–Trinajstić information content (AvgIpc) is 2.86. The fraction of sp³-hybridized carbons (Fsp3) is 0.240. The maximum Gasteiger partial charge on any atom is 0.573 e. The summed E-state index contributed by atoms with van der Waals surface area (Å²) in [5, 5.41) is 5.06. The predicted molar refractivity (Wildman–Crippen MR) is 127 cm³/mol. The number of aromatic nitrogens is 1. The first-order chi connectivity index (χ1) is 17.3. The summed E-state index contributed by atoms with van der Waals surface area (Å²) in [6, 6.07) is 16.2. The van der Waals surface area contributed by atoms with E-state index in [0.29, 0.717) is 32.0 Å². The minimum absolute atomic E-state index is 0.0230. The lowest BCUT2D eigenvalue weighted by atomic mass is 10.1. The summed E-state index contributed by atoms with van der Waals surface area (Å²) in [5.41, 5.74) is 1.78. The van der Waals surface area contributed by atoms with Crippen molar-refractivity contribution in [3.8, 4) is 17.0 Å². The highest BCUT2D eigenvalue weighted by Gasteiger charge is 2.32. The molecule has 3 aromatic rings. The van der Waals surface area contributed by atoms with Crippen LogP contribution in [0.3, 0.4) is 0 Å². The molecule has 0 radical (unpaired) electrons. The molecule has 2 N–H and O–H groups in total. The van der Waals surface area contributed by atoms with E-state index in [1.807, 2.05) is 35.2 Å². The Labute approximate surface area is 205 Å². The first-order valence-electron chi connectivity index (χ1n) is 11.1. The van der Waals surface area contributed by atoms with Gasteiger partial charge in [0.1, 0.15) is 0 Å². The number of hydrogen-bond donors (Lipinski definition) is 2. The number of alkyl halides is 3. The maximum absolute atomic E-state index is 12.9. The van der Waals surface area contributed by atoms with Crippen LogP contribution in [0.2, 0.25) is 0 Å². The van der Waals surface area contributed by atoms with Gasteiger partial charge in [0, 0.05) is 30.5 Å². The molecule has 0 aliphatic carbocycles. The molecule has 2 heterocycles. The molecular weight excluding hydrogens is 477 g/mol. The summed E-state index contributed by atoms with van der Waals surface area (Å²) in [4.78, 5) is 31.3. The van der Waals surface area contributed by atoms with Gasteiger partial charge in [0.25, 0.3) is 5.91 Å². The number of nitrogens with zero attached hydrogens (tertiary/aromatic N) is 2. The van der Waals surface area contributed by atoms with Gasteiger partial charge in [-0.2, -0.15) is 0 Å². The molecule has 0 bridgehead atoms. The smallest absolute Gasteiger partial charge is 0.404 e. The summed E-state index contributed by atoms with van der Waals surface area (Å²) >= 11 is 0. The van der Waals surface area contributed by atoms with Crippen LogP contribution in [-0.4, -0.2) is 60.9 Å². The van der Waals surface area contributed by atoms with Crippen LogP contribution < -0.4 is 15.4 Å². The van der Waals surface area contributed by atoms with Crippen molar-refractivity contribution in [3.63, 3.8) is 0 Å². The SMILES string of the molecule is O=C(CN1CCOCC1)Nc1cc(NC(=O)c2ccc(-c3ccccc3)nc2)ccc1OC(F)(F)F. The third kappa shape index (κ3) is 7.03. The van der Waals surface area contributed by atoms with Gasteiger partial charge in [-0.25, -0.2) is 0 Å². The molecule has 1 fully saturated rings. The van der Waals surface area contributed by atoms with Crippen molar-refractivity contribution in [2.24, 2.45) is 0 Å². The molecule has 0 unspecified atom stereocenters. The highest BCUT2D eigenvalue weighted by atomic mass is 19.4. The van der Waals surface area contributed by atoms with Crippen LogP contribution in [0.5, 0.6) is 5.75 Å². The van der Waals surface area contributed by atoms with Crippen LogP contribution in [0, 0.1) is 0 Å². The second kappa shape index (κ2) is 11.2. The Morgan fingerprint density at radius 3 is 2.42 bits per heavy atom. The zero-order valence-electron chi connectivity index (χ0n) is 19.0. The van der Waals surface area contributed by atoms with Gasteiger partial charge in [0.15, 0.2) is 5.75 Å². The van der Waals surface area contributed by atoms with Crippen molar-refractivity contribution >= 4 is 23.2 Å². The Kier molecular flexibility index (Phi) is 7.81. The monoisotopic (exact) mass is 500 g/mol. The van der Waals surface area contributed by atoms with E-state index < -0.39 is 23.9 Å². The number of anilines is 2. The topological polar surface area (TPSA) is 92.8 Å². The Bertz CT molecular complexity index is 1200. The fourth-order valence-electron chi connectivity index (χ4n) is 3.58. The zero-order chi connectivity index (χ0) is 25.5. The van der Waals surface area contributed by atoms with E-state index in [0.717, 1.165) is 11.6 Å². The van der Waals surface area contributed by atoms with Crippen molar-refractivity contribution in [2.75, 3.05) is 43.5 Å². The van der Waals surface area contributed by atoms with Crippen molar-refractivity contribution in [3.05, 3.63) is 72.4 Å². The van der Waals surface area contributed by atoms with Gasteiger partial charge in [-0.3, -0.25) is 19.5 Å². The molecule has 0 spiro atoms. The molecule has 1 saturated heterocycles. The molecule has 0 atom stereocenters. The second-order valence-electron chi connectivity index (χ2n) is 7.95. The third-order valence-electron chi connectivity index (χ3n) is 5.30. The number of amides is 2. The van der Waals surface area contributed by atoms with E-state index in [1.54, 1.807) is 12.1 Å². The molecule has 2 aromatic carbocycles. The minimum Gasteiger partial charge on any atom is -0.404 e. The van der Waals surface area contributed by atoms with Gasteiger partial charge in [0.2, 0.25) is 5.91 Å². The van der Waals surface area contributed by atoms with Crippen LogP contribution in [0.25, 0.3) is 11.3 Å².